The van der Waals surface area contributed by atoms with Crippen LogP contribution in [-0.4, -0.2) is 10.3 Å². The predicted octanol–water partition coefficient (Wildman–Crippen LogP) is 12.3. The van der Waals surface area contributed by atoms with Gasteiger partial charge in [-0.1, -0.05) is 128 Å². The maximum atomic E-state index is 7.05. The number of nitrogens with zero attached hydrogens (tertiary/aromatic N) is 2. The number of allylic oxidation sites excluding steroid dienone is 6. The van der Waals surface area contributed by atoms with Crippen LogP contribution in [0.25, 0.3) is 66.2 Å². The van der Waals surface area contributed by atoms with Crippen LogP contribution >= 0.6 is 0 Å². The van der Waals surface area contributed by atoms with Gasteiger partial charge in [0, 0.05) is 27.7 Å². The quantitative estimate of drug-likeness (QED) is 0.195. The van der Waals surface area contributed by atoms with Crippen molar-refractivity contribution < 1.29 is 0 Å². The highest BCUT2D eigenvalue weighted by atomic mass is 15.0. The van der Waals surface area contributed by atoms with E-state index in [1.807, 2.05) is 6.08 Å². The fraction of sp³-hybridized carbons (Fsp3) is 0.122. The Hall–Kier alpha value is -6.19. The second kappa shape index (κ2) is 12.2. The van der Waals surface area contributed by atoms with Gasteiger partial charge in [0.2, 0.25) is 0 Å². The molecule has 0 aliphatic heterocycles. The summed E-state index contributed by atoms with van der Waals surface area (Å²) in [5, 5.41) is 5.35. The Morgan fingerprint density at radius 1 is 0.596 bits per heavy atom. The summed E-state index contributed by atoms with van der Waals surface area (Å²) >= 11 is 0. The Bertz CT molecular complexity index is 2620. The molecule has 0 amide bonds. The van der Waals surface area contributed by atoms with Crippen molar-refractivity contribution in [2.24, 2.45) is 16.6 Å². The largest absolute Gasteiger partial charge is 0.401 e. The van der Waals surface area contributed by atoms with E-state index >= 15 is 0 Å². The molecule has 0 spiro atoms. The van der Waals surface area contributed by atoms with E-state index in [9.17, 15) is 0 Å². The van der Waals surface area contributed by atoms with Gasteiger partial charge < -0.3 is 10.3 Å². The number of aliphatic imine (C=N–C) groups is 1. The molecule has 3 aliphatic rings. The van der Waals surface area contributed by atoms with Crippen molar-refractivity contribution in [2.45, 2.75) is 31.6 Å². The van der Waals surface area contributed by atoms with Crippen molar-refractivity contribution in [3.8, 4) is 27.9 Å². The lowest BCUT2D eigenvalue weighted by molar-refractivity contribution is 0.361. The van der Waals surface area contributed by atoms with Crippen LogP contribution in [0.4, 0.5) is 0 Å². The Balaban J connectivity index is 0.892. The van der Waals surface area contributed by atoms with Crippen LogP contribution in [0.5, 0.6) is 0 Å². The van der Waals surface area contributed by atoms with E-state index in [0.29, 0.717) is 11.8 Å². The molecule has 3 heteroatoms. The smallest absolute Gasteiger partial charge is 0.0726 e. The highest BCUT2D eigenvalue weighted by Crippen LogP contribution is 2.50. The van der Waals surface area contributed by atoms with Crippen LogP contribution in [-0.2, 0) is 0 Å². The molecular weight excluding hydrogens is 631 g/mol. The lowest BCUT2D eigenvalue weighted by atomic mass is 9.75. The van der Waals surface area contributed by atoms with Gasteiger partial charge in [0.25, 0.3) is 0 Å². The second-order valence-electron chi connectivity index (χ2n) is 14.5. The summed E-state index contributed by atoms with van der Waals surface area (Å²) in [6, 6.07) is 46.2. The summed E-state index contributed by atoms with van der Waals surface area (Å²) in [5.41, 5.74) is 22.1. The number of rotatable bonds is 5. The lowest BCUT2D eigenvalue weighted by Gasteiger charge is -2.31. The molecule has 0 atom stereocenters. The van der Waals surface area contributed by atoms with E-state index in [1.165, 1.54) is 60.4 Å². The van der Waals surface area contributed by atoms with Gasteiger partial charge in [-0.25, -0.2) is 4.99 Å². The summed E-state index contributed by atoms with van der Waals surface area (Å²) in [6.45, 7) is 4.40. The maximum absolute atomic E-state index is 7.05. The van der Waals surface area contributed by atoms with Crippen LogP contribution in [0.15, 0.2) is 175 Å². The first-order valence-electron chi connectivity index (χ1n) is 18.5. The van der Waals surface area contributed by atoms with E-state index in [4.69, 9.17) is 10.7 Å². The van der Waals surface area contributed by atoms with Gasteiger partial charge >= 0.3 is 0 Å². The number of hydrogen-bond acceptors (Lipinski definition) is 2. The standard InChI is InChI=1S/C49H39N3/c1-31(32-25-27-35(28-26-32)52-46-19-8-5-13-39(46)40-14-6-9-20-47(40)52)51-45-18-7-4-15-44(45)49(50)34-23-21-33(22-24-34)36-29-30-43-38-12-3-2-11-37(38)42-17-10-16-41(36)48(42)43/h2-20,25-30,33-34H,1,21-24,50H2/b49-44-,51-45-. The lowest BCUT2D eigenvalue weighted by Crippen LogP contribution is -2.22. The molecule has 0 saturated heterocycles. The number of para-hydroxylation sites is 2. The zero-order chi connectivity index (χ0) is 34.8. The number of fused-ring (bicyclic) bond motifs is 6. The van der Waals surface area contributed by atoms with Crippen molar-refractivity contribution in [3.05, 3.63) is 181 Å². The molecular formula is C49H39N3. The molecule has 1 heterocycles. The first kappa shape index (κ1) is 30.6. The molecule has 250 valence electrons. The third-order valence-electron chi connectivity index (χ3n) is 11.7. The van der Waals surface area contributed by atoms with E-state index in [2.05, 4.69) is 157 Å². The Morgan fingerprint density at radius 3 is 1.90 bits per heavy atom. The second-order valence-corrected chi connectivity index (χ2v) is 14.5. The van der Waals surface area contributed by atoms with E-state index in [1.54, 1.807) is 0 Å². The van der Waals surface area contributed by atoms with Crippen LogP contribution in [0.1, 0.15) is 42.7 Å². The van der Waals surface area contributed by atoms with Crippen molar-refractivity contribution in [3.63, 3.8) is 0 Å². The van der Waals surface area contributed by atoms with Crippen LogP contribution in [0, 0.1) is 5.92 Å². The van der Waals surface area contributed by atoms with Gasteiger partial charge in [0.15, 0.2) is 0 Å². The highest BCUT2D eigenvalue weighted by molar-refractivity contribution is 6.16. The number of benzene rings is 6. The Kier molecular flexibility index (Phi) is 7.21. The van der Waals surface area contributed by atoms with E-state index in [-0.39, 0.29) is 0 Å². The fourth-order valence-electron chi connectivity index (χ4n) is 9.15. The minimum Gasteiger partial charge on any atom is -0.401 e. The van der Waals surface area contributed by atoms with Gasteiger partial charge in [-0.05, 0) is 112 Å². The molecule has 10 rings (SSSR count). The van der Waals surface area contributed by atoms with Crippen LogP contribution < -0.4 is 5.73 Å². The van der Waals surface area contributed by atoms with Gasteiger partial charge in [0.05, 0.1) is 22.4 Å². The minimum atomic E-state index is 0.326. The fourth-order valence-corrected chi connectivity index (χ4v) is 9.15. The molecule has 1 fully saturated rings. The number of nitrogens with two attached hydrogens (primary N) is 1. The van der Waals surface area contributed by atoms with Crippen LogP contribution in [0.2, 0.25) is 0 Å². The molecule has 1 aromatic heterocycles. The van der Waals surface area contributed by atoms with Gasteiger partial charge in [-0.15, -0.1) is 0 Å². The molecule has 1 saturated carbocycles. The van der Waals surface area contributed by atoms with Gasteiger partial charge in [0.1, 0.15) is 0 Å². The molecule has 0 radical (unpaired) electrons. The molecule has 3 nitrogen and oxygen atoms in total. The Labute approximate surface area is 304 Å². The molecule has 2 N–H and O–H groups in total. The van der Waals surface area contributed by atoms with Crippen molar-refractivity contribution in [2.75, 3.05) is 0 Å². The summed E-state index contributed by atoms with van der Waals surface area (Å²) in [6.07, 6.45) is 12.7. The highest BCUT2D eigenvalue weighted by Gasteiger charge is 2.29. The van der Waals surface area contributed by atoms with Gasteiger partial charge in [-0.3, -0.25) is 0 Å². The Morgan fingerprint density at radius 2 is 1.19 bits per heavy atom. The zero-order valence-electron chi connectivity index (χ0n) is 29.1. The third kappa shape index (κ3) is 4.84. The third-order valence-corrected chi connectivity index (χ3v) is 11.7. The number of hydrogen-bond donors (Lipinski definition) is 1. The summed E-state index contributed by atoms with van der Waals surface area (Å²) < 4.78 is 2.33. The first-order valence-corrected chi connectivity index (χ1v) is 18.5. The topological polar surface area (TPSA) is 43.3 Å². The van der Waals surface area contributed by atoms with E-state index < -0.39 is 0 Å². The number of aromatic nitrogens is 1. The maximum Gasteiger partial charge on any atom is 0.0726 e. The van der Waals surface area contributed by atoms with E-state index in [0.717, 1.165) is 59.6 Å². The molecule has 3 aliphatic carbocycles. The molecule has 0 unspecified atom stereocenters. The molecule has 7 aromatic rings. The van der Waals surface area contributed by atoms with Crippen molar-refractivity contribution in [1.82, 2.24) is 4.57 Å². The summed E-state index contributed by atoms with van der Waals surface area (Å²) in [5.74, 6) is 0.856. The minimum absolute atomic E-state index is 0.326. The van der Waals surface area contributed by atoms with Crippen molar-refractivity contribution >= 4 is 44.0 Å². The molecule has 52 heavy (non-hydrogen) atoms. The normalized spacial score (nSPS) is 19.5. The SMILES string of the molecule is C=C(/N=C1/C=CC=C/C1=C(/N)C1CCC(c2ccc3c4c(cccc24)-c2ccccc2-3)CC1)c1ccc(-n2c3ccccc3c3ccccc32)cc1. The first-order chi connectivity index (χ1) is 25.6. The molecule has 0 bridgehead atoms. The predicted molar refractivity (Wildman–Crippen MR) is 220 cm³/mol. The average molecular weight is 670 g/mol. The van der Waals surface area contributed by atoms with Crippen LogP contribution in [0.3, 0.4) is 0 Å². The average Bonchev–Trinajstić information content (AvgIpc) is 3.72. The summed E-state index contributed by atoms with van der Waals surface area (Å²) in [4.78, 5) is 5.07. The monoisotopic (exact) mass is 669 g/mol. The van der Waals surface area contributed by atoms with Crippen molar-refractivity contribution in [1.29, 1.82) is 0 Å². The zero-order valence-corrected chi connectivity index (χ0v) is 29.1. The van der Waals surface area contributed by atoms with Gasteiger partial charge in [-0.2, -0.15) is 0 Å². The summed E-state index contributed by atoms with van der Waals surface area (Å²) in [7, 11) is 0. The molecule has 6 aromatic carbocycles.